The van der Waals surface area contributed by atoms with Crippen LogP contribution >= 0.6 is 0 Å². The Balaban J connectivity index is 2.04. The molecule has 0 aliphatic carbocycles. The van der Waals surface area contributed by atoms with Crippen LogP contribution in [0.5, 0.6) is 0 Å². The van der Waals surface area contributed by atoms with Crippen molar-refractivity contribution in [2.45, 2.75) is 19.8 Å². The highest BCUT2D eigenvalue weighted by atomic mass is 15.2. The van der Waals surface area contributed by atoms with Crippen LogP contribution in [0.3, 0.4) is 0 Å². The van der Waals surface area contributed by atoms with E-state index < -0.39 is 0 Å². The van der Waals surface area contributed by atoms with Gasteiger partial charge >= 0.3 is 0 Å². The van der Waals surface area contributed by atoms with Crippen LogP contribution in [0.25, 0.3) is 11.3 Å². The zero-order chi connectivity index (χ0) is 13.5. The zero-order valence-electron chi connectivity index (χ0n) is 11.3. The van der Waals surface area contributed by atoms with Crippen molar-refractivity contribution in [3.63, 3.8) is 0 Å². The van der Waals surface area contributed by atoms with E-state index in [1.807, 2.05) is 12.1 Å². The largest absolute Gasteiger partial charge is 0.369 e. The predicted molar refractivity (Wildman–Crippen MR) is 79.0 cm³/mol. The van der Waals surface area contributed by atoms with Crippen molar-refractivity contribution in [2.75, 3.05) is 18.4 Å². The molecular weight excluding hydrogens is 236 g/mol. The lowest BCUT2D eigenvalue weighted by Crippen LogP contribution is -2.09. The second-order valence-electron chi connectivity index (χ2n) is 4.42. The molecule has 0 aliphatic heterocycles. The maximum absolute atomic E-state index is 5.44. The summed E-state index contributed by atoms with van der Waals surface area (Å²) in [6, 6.07) is 12.4. The summed E-state index contributed by atoms with van der Waals surface area (Å²) < 4.78 is 0. The molecule has 19 heavy (non-hydrogen) atoms. The Morgan fingerprint density at radius 1 is 1.05 bits per heavy atom. The molecule has 1 aromatic heterocycles. The molecule has 3 N–H and O–H groups in total. The van der Waals surface area contributed by atoms with Gasteiger partial charge in [0.15, 0.2) is 0 Å². The number of nitrogens with zero attached hydrogens (tertiary/aromatic N) is 2. The van der Waals surface area contributed by atoms with Gasteiger partial charge in [0.05, 0.1) is 5.69 Å². The van der Waals surface area contributed by atoms with Crippen molar-refractivity contribution in [3.8, 4) is 11.3 Å². The van der Waals surface area contributed by atoms with E-state index in [-0.39, 0.29) is 0 Å². The molecule has 0 bridgehead atoms. The maximum Gasteiger partial charge on any atom is 0.148 e. The first-order chi connectivity index (χ1) is 9.33. The molecule has 0 atom stereocenters. The summed E-state index contributed by atoms with van der Waals surface area (Å²) in [5.41, 5.74) is 8.76. The molecule has 0 spiro atoms. The van der Waals surface area contributed by atoms with E-state index >= 15 is 0 Å². The van der Waals surface area contributed by atoms with Gasteiger partial charge in [0, 0.05) is 12.1 Å². The Labute approximate surface area is 114 Å². The molecule has 2 aromatic rings. The van der Waals surface area contributed by atoms with E-state index in [1.54, 1.807) is 0 Å². The van der Waals surface area contributed by atoms with Gasteiger partial charge in [-0.05, 0) is 37.1 Å². The first kappa shape index (κ1) is 13.5. The standard InChI is InChI=1S/C15H20N4/c1-2-12-4-6-13(7-5-12)14-8-9-15(19-18-14)17-11-3-10-16/h4-9H,2-3,10-11,16H2,1H3,(H,17,19). The molecule has 100 valence electrons. The molecule has 0 amide bonds. The van der Waals surface area contributed by atoms with Crippen LogP contribution in [0.15, 0.2) is 36.4 Å². The average Bonchev–Trinajstić information content (AvgIpc) is 2.48. The van der Waals surface area contributed by atoms with Crippen molar-refractivity contribution in [3.05, 3.63) is 42.0 Å². The smallest absolute Gasteiger partial charge is 0.148 e. The quantitative estimate of drug-likeness (QED) is 0.779. The summed E-state index contributed by atoms with van der Waals surface area (Å²) in [6.45, 7) is 3.66. The van der Waals surface area contributed by atoms with Gasteiger partial charge < -0.3 is 11.1 Å². The minimum absolute atomic E-state index is 0.683. The molecule has 0 radical (unpaired) electrons. The van der Waals surface area contributed by atoms with Crippen LogP contribution in [-0.4, -0.2) is 23.3 Å². The van der Waals surface area contributed by atoms with E-state index in [1.165, 1.54) is 5.56 Å². The number of hydrogen-bond acceptors (Lipinski definition) is 4. The Kier molecular flexibility index (Phi) is 4.86. The average molecular weight is 256 g/mol. The molecule has 4 nitrogen and oxygen atoms in total. The molecule has 0 saturated heterocycles. The number of benzene rings is 1. The summed E-state index contributed by atoms with van der Waals surface area (Å²) in [6.07, 6.45) is 1.98. The van der Waals surface area contributed by atoms with Gasteiger partial charge in [-0.3, -0.25) is 0 Å². The summed E-state index contributed by atoms with van der Waals surface area (Å²) >= 11 is 0. The number of aromatic nitrogens is 2. The van der Waals surface area contributed by atoms with Crippen LogP contribution in [0.2, 0.25) is 0 Å². The number of hydrogen-bond donors (Lipinski definition) is 2. The summed E-state index contributed by atoms with van der Waals surface area (Å²) in [4.78, 5) is 0. The lowest BCUT2D eigenvalue weighted by molar-refractivity contribution is 0.864. The molecule has 1 aromatic carbocycles. The molecule has 0 fully saturated rings. The zero-order valence-corrected chi connectivity index (χ0v) is 11.3. The Hall–Kier alpha value is -1.94. The molecule has 0 saturated carbocycles. The second-order valence-corrected chi connectivity index (χ2v) is 4.42. The van der Waals surface area contributed by atoms with Gasteiger partial charge in [-0.15, -0.1) is 10.2 Å². The van der Waals surface area contributed by atoms with E-state index in [9.17, 15) is 0 Å². The Morgan fingerprint density at radius 3 is 2.42 bits per heavy atom. The molecular formula is C15H20N4. The number of anilines is 1. The molecule has 0 unspecified atom stereocenters. The molecule has 0 aliphatic rings. The van der Waals surface area contributed by atoms with E-state index in [4.69, 9.17) is 5.73 Å². The fraction of sp³-hybridized carbons (Fsp3) is 0.333. The van der Waals surface area contributed by atoms with Crippen LogP contribution in [0, 0.1) is 0 Å². The van der Waals surface area contributed by atoms with Gasteiger partial charge in [-0.25, -0.2) is 0 Å². The summed E-state index contributed by atoms with van der Waals surface area (Å²) in [5.74, 6) is 0.794. The first-order valence-corrected chi connectivity index (χ1v) is 6.70. The number of aryl methyl sites for hydroxylation is 1. The van der Waals surface area contributed by atoms with Gasteiger partial charge in [0.1, 0.15) is 5.82 Å². The maximum atomic E-state index is 5.44. The number of nitrogens with two attached hydrogens (primary N) is 1. The highest BCUT2D eigenvalue weighted by molar-refractivity contribution is 5.59. The Bertz CT molecular complexity index is 491. The Morgan fingerprint density at radius 2 is 1.84 bits per heavy atom. The van der Waals surface area contributed by atoms with Crippen LogP contribution < -0.4 is 11.1 Å². The van der Waals surface area contributed by atoms with Gasteiger partial charge in [0.2, 0.25) is 0 Å². The summed E-state index contributed by atoms with van der Waals surface area (Å²) in [7, 11) is 0. The fourth-order valence-corrected chi connectivity index (χ4v) is 1.81. The molecule has 4 heteroatoms. The van der Waals surface area contributed by atoms with Crippen LogP contribution in [-0.2, 0) is 6.42 Å². The SMILES string of the molecule is CCc1ccc(-c2ccc(NCCCN)nn2)cc1. The lowest BCUT2D eigenvalue weighted by atomic mass is 10.1. The van der Waals surface area contributed by atoms with Crippen LogP contribution in [0.4, 0.5) is 5.82 Å². The third-order valence-corrected chi connectivity index (χ3v) is 3.01. The highest BCUT2D eigenvalue weighted by Crippen LogP contribution is 2.18. The minimum Gasteiger partial charge on any atom is -0.369 e. The first-order valence-electron chi connectivity index (χ1n) is 6.70. The van der Waals surface area contributed by atoms with Gasteiger partial charge in [-0.1, -0.05) is 31.2 Å². The summed E-state index contributed by atoms with van der Waals surface area (Å²) in [5, 5.41) is 11.6. The van der Waals surface area contributed by atoms with Crippen molar-refractivity contribution in [1.82, 2.24) is 10.2 Å². The third-order valence-electron chi connectivity index (χ3n) is 3.01. The molecule has 1 heterocycles. The monoisotopic (exact) mass is 256 g/mol. The lowest BCUT2D eigenvalue weighted by Gasteiger charge is -2.05. The third kappa shape index (κ3) is 3.76. The van der Waals surface area contributed by atoms with Crippen molar-refractivity contribution in [2.24, 2.45) is 5.73 Å². The van der Waals surface area contributed by atoms with Crippen LogP contribution in [0.1, 0.15) is 18.9 Å². The van der Waals surface area contributed by atoms with E-state index in [0.29, 0.717) is 6.54 Å². The van der Waals surface area contributed by atoms with Gasteiger partial charge in [-0.2, -0.15) is 0 Å². The van der Waals surface area contributed by atoms with E-state index in [0.717, 1.165) is 36.5 Å². The van der Waals surface area contributed by atoms with E-state index in [2.05, 4.69) is 46.7 Å². The van der Waals surface area contributed by atoms with Crippen molar-refractivity contribution in [1.29, 1.82) is 0 Å². The fourth-order valence-electron chi connectivity index (χ4n) is 1.81. The second kappa shape index (κ2) is 6.85. The van der Waals surface area contributed by atoms with Gasteiger partial charge in [0.25, 0.3) is 0 Å². The predicted octanol–water partition coefficient (Wildman–Crippen LogP) is 2.47. The van der Waals surface area contributed by atoms with Crippen molar-refractivity contribution >= 4 is 5.82 Å². The highest BCUT2D eigenvalue weighted by Gasteiger charge is 2.01. The number of nitrogens with one attached hydrogen (secondary N) is 1. The molecule has 2 rings (SSSR count). The number of rotatable bonds is 6. The normalized spacial score (nSPS) is 10.4. The topological polar surface area (TPSA) is 63.8 Å². The minimum atomic E-state index is 0.683. The van der Waals surface area contributed by atoms with Crippen molar-refractivity contribution < 1.29 is 0 Å².